The number of hydrogen-bond donors (Lipinski definition) is 1. The Kier molecular flexibility index (Phi) is 4.96. The van der Waals surface area contributed by atoms with Crippen molar-refractivity contribution in [2.45, 2.75) is 19.9 Å². The molecular formula is C16H16BrF2NO. The van der Waals surface area contributed by atoms with Crippen molar-refractivity contribution in [2.24, 2.45) is 0 Å². The van der Waals surface area contributed by atoms with E-state index in [9.17, 15) is 8.78 Å². The van der Waals surface area contributed by atoms with Crippen molar-refractivity contribution >= 4 is 15.9 Å². The number of nitrogens with one attached hydrogen (secondary N) is 1. The predicted molar refractivity (Wildman–Crippen MR) is 82.8 cm³/mol. The van der Waals surface area contributed by atoms with Gasteiger partial charge < -0.3 is 10.1 Å². The van der Waals surface area contributed by atoms with Crippen molar-refractivity contribution in [1.29, 1.82) is 0 Å². The van der Waals surface area contributed by atoms with E-state index in [-0.39, 0.29) is 17.6 Å². The number of rotatable bonds is 4. The summed E-state index contributed by atoms with van der Waals surface area (Å²) in [4.78, 5) is 0. The summed E-state index contributed by atoms with van der Waals surface area (Å²) in [5.41, 5.74) is 1.09. The molecule has 2 rings (SSSR count). The van der Waals surface area contributed by atoms with E-state index in [1.807, 2.05) is 6.92 Å². The minimum Gasteiger partial charge on any atom is -0.454 e. The lowest BCUT2D eigenvalue weighted by Gasteiger charge is -2.18. The van der Waals surface area contributed by atoms with E-state index in [1.54, 1.807) is 26.1 Å². The molecule has 0 aromatic heterocycles. The lowest BCUT2D eigenvalue weighted by Crippen LogP contribution is -2.14. The Bertz CT molecular complexity index is 661. The zero-order valence-electron chi connectivity index (χ0n) is 12.0. The number of aryl methyl sites for hydroxylation is 1. The molecule has 1 N–H and O–H groups in total. The van der Waals surface area contributed by atoms with Crippen LogP contribution in [-0.4, -0.2) is 7.05 Å². The summed E-state index contributed by atoms with van der Waals surface area (Å²) in [5, 5.41) is 3.03. The second kappa shape index (κ2) is 6.54. The van der Waals surface area contributed by atoms with Crippen LogP contribution in [0.2, 0.25) is 0 Å². The van der Waals surface area contributed by atoms with Gasteiger partial charge in [-0.1, -0.05) is 15.9 Å². The van der Waals surface area contributed by atoms with Crippen LogP contribution in [0.15, 0.2) is 34.8 Å². The molecule has 0 amide bonds. The van der Waals surface area contributed by atoms with E-state index in [0.717, 1.165) is 0 Å². The molecule has 0 heterocycles. The third kappa shape index (κ3) is 3.60. The summed E-state index contributed by atoms with van der Waals surface area (Å²) in [5.74, 6) is -0.240. The van der Waals surface area contributed by atoms with Crippen LogP contribution in [0.1, 0.15) is 24.1 Å². The fraction of sp³-hybridized carbons (Fsp3) is 0.250. The number of ether oxygens (including phenoxy) is 1. The predicted octanol–water partition coefficient (Wildman–Crippen LogP) is 5.11. The topological polar surface area (TPSA) is 21.3 Å². The van der Waals surface area contributed by atoms with Gasteiger partial charge in [-0.15, -0.1) is 0 Å². The van der Waals surface area contributed by atoms with E-state index in [4.69, 9.17) is 4.74 Å². The van der Waals surface area contributed by atoms with Gasteiger partial charge in [0, 0.05) is 16.1 Å². The molecule has 0 radical (unpaired) electrons. The largest absolute Gasteiger partial charge is 0.454 e. The van der Waals surface area contributed by atoms with Crippen molar-refractivity contribution in [1.82, 2.24) is 5.32 Å². The fourth-order valence-corrected chi connectivity index (χ4v) is 2.26. The molecule has 2 aromatic rings. The molecule has 2 aromatic carbocycles. The lowest BCUT2D eigenvalue weighted by atomic mass is 10.0. The number of halogens is 3. The molecule has 0 aliphatic rings. The monoisotopic (exact) mass is 355 g/mol. The van der Waals surface area contributed by atoms with Crippen LogP contribution in [0.4, 0.5) is 8.78 Å². The van der Waals surface area contributed by atoms with Crippen LogP contribution in [0.3, 0.4) is 0 Å². The molecule has 0 fully saturated rings. The van der Waals surface area contributed by atoms with Gasteiger partial charge in [0.15, 0.2) is 11.6 Å². The van der Waals surface area contributed by atoms with Crippen LogP contribution in [0.25, 0.3) is 0 Å². The maximum atomic E-state index is 13.9. The van der Waals surface area contributed by atoms with Crippen molar-refractivity contribution in [2.75, 3.05) is 7.05 Å². The zero-order chi connectivity index (χ0) is 15.6. The summed E-state index contributed by atoms with van der Waals surface area (Å²) in [7, 11) is 1.77. The van der Waals surface area contributed by atoms with E-state index in [2.05, 4.69) is 21.2 Å². The summed E-state index contributed by atoms with van der Waals surface area (Å²) < 4.78 is 33.9. The Labute approximate surface area is 131 Å². The van der Waals surface area contributed by atoms with Crippen LogP contribution < -0.4 is 10.1 Å². The highest BCUT2D eigenvalue weighted by Crippen LogP contribution is 2.33. The second-order valence-corrected chi connectivity index (χ2v) is 5.74. The molecule has 0 spiro atoms. The van der Waals surface area contributed by atoms with Gasteiger partial charge in [0.2, 0.25) is 0 Å². The third-order valence-electron chi connectivity index (χ3n) is 3.30. The third-order valence-corrected chi connectivity index (χ3v) is 3.80. The number of hydrogen-bond acceptors (Lipinski definition) is 2. The van der Waals surface area contributed by atoms with Gasteiger partial charge in [0.1, 0.15) is 11.6 Å². The van der Waals surface area contributed by atoms with E-state index >= 15 is 0 Å². The van der Waals surface area contributed by atoms with Gasteiger partial charge in [-0.3, -0.25) is 0 Å². The molecule has 0 saturated heterocycles. The quantitative estimate of drug-likeness (QED) is 0.822. The van der Waals surface area contributed by atoms with Crippen LogP contribution in [-0.2, 0) is 0 Å². The Morgan fingerprint density at radius 3 is 2.43 bits per heavy atom. The first-order valence-corrected chi connectivity index (χ1v) is 7.32. The average molecular weight is 356 g/mol. The minimum absolute atomic E-state index is 0.105. The van der Waals surface area contributed by atoms with Crippen LogP contribution in [0.5, 0.6) is 11.5 Å². The number of benzene rings is 2. The standard InChI is InChI=1S/C16H16BrF2NO/c1-9-6-16(12(8-13(9)18)10(2)20-3)21-15-5-4-11(17)7-14(15)19/h4-8,10,20H,1-3H3. The van der Waals surface area contributed by atoms with Crippen LogP contribution in [0, 0.1) is 18.6 Å². The highest BCUT2D eigenvalue weighted by molar-refractivity contribution is 9.10. The molecule has 1 unspecified atom stereocenters. The Morgan fingerprint density at radius 2 is 1.81 bits per heavy atom. The van der Waals surface area contributed by atoms with Crippen molar-refractivity contribution < 1.29 is 13.5 Å². The Morgan fingerprint density at radius 1 is 1.10 bits per heavy atom. The highest BCUT2D eigenvalue weighted by Gasteiger charge is 2.16. The van der Waals surface area contributed by atoms with E-state index in [0.29, 0.717) is 21.3 Å². The Balaban J connectivity index is 2.45. The second-order valence-electron chi connectivity index (χ2n) is 4.83. The molecule has 2 nitrogen and oxygen atoms in total. The van der Waals surface area contributed by atoms with Gasteiger partial charge in [0.25, 0.3) is 0 Å². The molecule has 112 valence electrons. The molecule has 0 aliphatic heterocycles. The zero-order valence-corrected chi connectivity index (χ0v) is 13.6. The maximum Gasteiger partial charge on any atom is 0.166 e. The van der Waals surface area contributed by atoms with Crippen LogP contribution >= 0.6 is 15.9 Å². The first-order valence-electron chi connectivity index (χ1n) is 6.52. The normalized spacial score (nSPS) is 12.3. The molecule has 5 heteroatoms. The molecule has 0 saturated carbocycles. The average Bonchev–Trinajstić information content (AvgIpc) is 2.44. The van der Waals surface area contributed by atoms with Crippen molar-refractivity contribution in [3.05, 3.63) is 57.6 Å². The summed E-state index contributed by atoms with van der Waals surface area (Å²) >= 11 is 3.20. The summed E-state index contributed by atoms with van der Waals surface area (Å²) in [6.07, 6.45) is 0. The van der Waals surface area contributed by atoms with Gasteiger partial charge in [0.05, 0.1) is 0 Å². The highest BCUT2D eigenvalue weighted by atomic mass is 79.9. The fourth-order valence-electron chi connectivity index (χ4n) is 1.93. The smallest absolute Gasteiger partial charge is 0.166 e. The molecule has 1 atom stereocenters. The van der Waals surface area contributed by atoms with Crippen molar-refractivity contribution in [3.63, 3.8) is 0 Å². The molecule has 21 heavy (non-hydrogen) atoms. The first kappa shape index (κ1) is 15.9. The van der Waals surface area contributed by atoms with Crippen molar-refractivity contribution in [3.8, 4) is 11.5 Å². The maximum absolute atomic E-state index is 13.9. The molecule has 0 bridgehead atoms. The lowest BCUT2D eigenvalue weighted by molar-refractivity contribution is 0.429. The summed E-state index contributed by atoms with van der Waals surface area (Å²) in [6.45, 7) is 3.53. The van der Waals surface area contributed by atoms with Gasteiger partial charge >= 0.3 is 0 Å². The van der Waals surface area contributed by atoms with E-state index < -0.39 is 5.82 Å². The van der Waals surface area contributed by atoms with Gasteiger partial charge in [-0.05, 0) is 56.8 Å². The van der Waals surface area contributed by atoms with E-state index in [1.165, 1.54) is 18.2 Å². The Hall–Kier alpha value is -1.46. The van der Waals surface area contributed by atoms with Gasteiger partial charge in [-0.2, -0.15) is 0 Å². The molecular weight excluding hydrogens is 340 g/mol. The van der Waals surface area contributed by atoms with Gasteiger partial charge in [-0.25, -0.2) is 8.78 Å². The summed E-state index contributed by atoms with van der Waals surface area (Å²) in [6, 6.07) is 7.44. The minimum atomic E-state index is -0.477. The molecule has 0 aliphatic carbocycles. The first-order chi connectivity index (χ1) is 9.92. The SMILES string of the molecule is CNC(C)c1cc(F)c(C)cc1Oc1ccc(Br)cc1F.